The SMILES string of the molecule is Cn1cc(SCCC(=O)Nc2ccc(Cl)c(N)c2)cn1. The zero-order chi connectivity index (χ0) is 14.5. The van der Waals surface area contributed by atoms with E-state index in [9.17, 15) is 4.79 Å². The van der Waals surface area contributed by atoms with E-state index in [1.807, 2.05) is 13.2 Å². The highest BCUT2D eigenvalue weighted by Crippen LogP contribution is 2.23. The highest BCUT2D eigenvalue weighted by molar-refractivity contribution is 7.99. The standard InChI is InChI=1S/C13H15ClN4OS/c1-18-8-10(7-16-18)20-5-4-13(19)17-9-2-3-11(14)12(15)6-9/h2-3,6-8H,4-5,15H2,1H3,(H,17,19). The number of thioether (sulfide) groups is 1. The maximum Gasteiger partial charge on any atom is 0.225 e. The number of anilines is 2. The lowest BCUT2D eigenvalue weighted by molar-refractivity contribution is -0.115. The Morgan fingerprint density at radius 1 is 1.55 bits per heavy atom. The number of aryl methyl sites for hydroxylation is 1. The van der Waals surface area contributed by atoms with Crippen LogP contribution in [0.1, 0.15) is 6.42 Å². The molecule has 20 heavy (non-hydrogen) atoms. The van der Waals surface area contributed by atoms with E-state index in [0.717, 1.165) is 4.90 Å². The maximum atomic E-state index is 11.8. The van der Waals surface area contributed by atoms with Crippen LogP contribution in [-0.4, -0.2) is 21.4 Å². The van der Waals surface area contributed by atoms with E-state index in [1.165, 1.54) is 0 Å². The van der Waals surface area contributed by atoms with Crippen LogP contribution < -0.4 is 11.1 Å². The molecule has 106 valence electrons. The van der Waals surface area contributed by atoms with Crippen LogP contribution in [0.3, 0.4) is 0 Å². The third-order valence-corrected chi connectivity index (χ3v) is 3.86. The Balaban J connectivity index is 1.79. The third-order valence-electron chi connectivity index (χ3n) is 2.56. The molecule has 0 fully saturated rings. The van der Waals surface area contributed by atoms with Crippen LogP contribution in [0.2, 0.25) is 5.02 Å². The molecule has 1 amide bonds. The number of nitrogens with zero attached hydrogens (tertiary/aromatic N) is 2. The van der Waals surface area contributed by atoms with Gasteiger partial charge in [-0.3, -0.25) is 9.48 Å². The predicted octanol–water partition coefficient (Wildman–Crippen LogP) is 2.78. The summed E-state index contributed by atoms with van der Waals surface area (Å²) in [6.07, 6.45) is 4.12. The van der Waals surface area contributed by atoms with E-state index in [1.54, 1.807) is 40.8 Å². The van der Waals surface area contributed by atoms with Crippen molar-refractivity contribution in [1.82, 2.24) is 9.78 Å². The van der Waals surface area contributed by atoms with Crippen LogP contribution in [0, 0.1) is 0 Å². The molecule has 0 aliphatic carbocycles. The largest absolute Gasteiger partial charge is 0.397 e. The first-order valence-electron chi connectivity index (χ1n) is 6.01. The average molecular weight is 311 g/mol. The van der Waals surface area contributed by atoms with Crippen molar-refractivity contribution < 1.29 is 4.79 Å². The van der Waals surface area contributed by atoms with Crippen molar-refractivity contribution in [3.05, 3.63) is 35.6 Å². The van der Waals surface area contributed by atoms with Gasteiger partial charge < -0.3 is 11.1 Å². The van der Waals surface area contributed by atoms with Gasteiger partial charge in [0.25, 0.3) is 0 Å². The molecule has 7 heteroatoms. The Kier molecular flexibility index (Phi) is 4.92. The number of aromatic nitrogens is 2. The molecule has 5 nitrogen and oxygen atoms in total. The number of hydrogen-bond acceptors (Lipinski definition) is 4. The molecule has 0 saturated heterocycles. The highest BCUT2D eigenvalue weighted by Gasteiger charge is 2.05. The molecular weight excluding hydrogens is 296 g/mol. The molecule has 1 aromatic heterocycles. The molecule has 3 N–H and O–H groups in total. The number of nitrogens with two attached hydrogens (primary N) is 1. The molecule has 2 rings (SSSR count). The van der Waals surface area contributed by atoms with Gasteiger partial charge in [0.1, 0.15) is 0 Å². The van der Waals surface area contributed by atoms with E-state index < -0.39 is 0 Å². The average Bonchev–Trinajstić information content (AvgIpc) is 2.80. The normalized spacial score (nSPS) is 10.5. The summed E-state index contributed by atoms with van der Waals surface area (Å²) in [7, 11) is 1.86. The molecule has 0 aliphatic rings. The fraction of sp³-hybridized carbons (Fsp3) is 0.231. The Bertz CT molecular complexity index is 614. The Morgan fingerprint density at radius 2 is 2.35 bits per heavy atom. The molecule has 1 aromatic carbocycles. The van der Waals surface area contributed by atoms with Crippen molar-refractivity contribution in [2.24, 2.45) is 7.05 Å². The fourth-order valence-electron chi connectivity index (χ4n) is 1.58. The second-order valence-electron chi connectivity index (χ2n) is 4.23. The second-order valence-corrected chi connectivity index (χ2v) is 5.81. The molecule has 2 aromatic rings. The van der Waals surface area contributed by atoms with Crippen LogP contribution in [0.15, 0.2) is 35.5 Å². The van der Waals surface area contributed by atoms with Gasteiger partial charge in [-0.05, 0) is 18.2 Å². The molecule has 0 radical (unpaired) electrons. The van der Waals surface area contributed by atoms with Gasteiger partial charge in [-0.25, -0.2) is 0 Å². The highest BCUT2D eigenvalue weighted by atomic mass is 35.5. The van der Waals surface area contributed by atoms with Gasteiger partial charge in [0.2, 0.25) is 5.91 Å². The summed E-state index contributed by atoms with van der Waals surface area (Å²) in [5.41, 5.74) is 6.79. The minimum Gasteiger partial charge on any atom is -0.397 e. The van der Waals surface area contributed by atoms with E-state index in [0.29, 0.717) is 28.6 Å². The monoisotopic (exact) mass is 310 g/mol. The Labute approximate surface area is 126 Å². The van der Waals surface area contributed by atoms with Crippen LogP contribution in [0.4, 0.5) is 11.4 Å². The second kappa shape index (κ2) is 6.67. The van der Waals surface area contributed by atoms with Crippen LogP contribution in [0.5, 0.6) is 0 Å². The fourth-order valence-corrected chi connectivity index (χ4v) is 2.57. The van der Waals surface area contributed by atoms with Gasteiger partial charge in [0, 0.05) is 36.0 Å². The van der Waals surface area contributed by atoms with Gasteiger partial charge in [-0.1, -0.05) is 11.6 Å². The van der Waals surface area contributed by atoms with E-state index in [-0.39, 0.29) is 5.91 Å². The summed E-state index contributed by atoms with van der Waals surface area (Å²) in [4.78, 5) is 12.8. The quantitative estimate of drug-likeness (QED) is 0.658. The van der Waals surface area contributed by atoms with Gasteiger partial charge >= 0.3 is 0 Å². The lowest BCUT2D eigenvalue weighted by Gasteiger charge is -2.06. The minimum absolute atomic E-state index is 0.0527. The van der Waals surface area contributed by atoms with Crippen molar-refractivity contribution in [2.75, 3.05) is 16.8 Å². The number of nitrogens with one attached hydrogen (secondary N) is 1. The molecule has 0 bridgehead atoms. The van der Waals surface area contributed by atoms with Crippen molar-refractivity contribution in [3.63, 3.8) is 0 Å². The minimum atomic E-state index is -0.0527. The summed E-state index contributed by atoms with van der Waals surface area (Å²) < 4.78 is 1.74. The van der Waals surface area contributed by atoms with E-state index >= 15 is 0 Å². The number of halogens is 1. The number of amides is 1. The Hall–Kier alpha value is -1.66. The van der Waals surface area contributed by atoms with E-state index in [4.69, 9.17) is 17.3 Å². The molecule has 0 unspecified atom stereocenters. The first kappa shape index (κ1) is 14.7. The zero-order valence-electron chi connectivity index (χ0n) is 11.0. The number of rotatable bonds is 5. The summed E-state index contributed by atoms with van der Waals surface area (Å²) in [5.74, 6) is 0.642. The lowest BCUT2D eigenvalue weighted by Crippen LogP contribution is -2.12. The molecule has 1 heterocycles. The molecule has 0 spiro atoms. The van der Waals surface area contributed by atoms with Gasteiger partial charge in [0.15, 0.2) is 0 Å². The number of hydrogen-bond donors (Lipinski definition) is 2. The maximum absolute atomic E-state index is 11.8. The molecule has 0 aliphatic heterocycles. The first-order chi connectivity index (χ1) is 9.54. The van der Waals surface area contributed by atoms with Gasteiger partial charge in [-0.15, -0.1) is 11.8 Å². The van der Waals surface area contributed by atoms with Crippen molar-refractivity contribution in [2.45, 2.75) is 11.3 Å². The van der Waals surface area contributed by atoms with Crippen molar-refractivity contribution in [3.8, 4) is 0 Å². The molecule has 0 saturated carbocycles. The summed E-state index contributed by atoms with van der Waals surface area (Å²) >= 11 is 7.42. The van der Waals surface area contributed by atoms with Gasteiger partial charge in [0.05, 0.1) is 16.9 Å². The summed E-state index contributed by atoms with van der Waals surface area (Å²) in [6, 6.07) is 5.04. The van der Waals surface area contributed by atoms with Crippen LogP contribution in [0.25, 0.3) is 0 Å². The summed E-state index contributed by atoms with van der Waals surface area (Å²) in [5, 5.41) is 7.34. The van der Waals surface area contributed by atoms with Crippen molar-refractivity contribution in [1.29, 1.82) is 0 Å². The van der Waals surface area contributed by atoms with Crippen molar-refractivity contribution >= 4 is 40.6 Å². The zero-order valence-corrected chi connectivity index (χ0v) is 12.5. The van der Waals surface area contributed by atoms with Gasteiger partial charge in [-0.2, -0.15) is 5.10 Å². The topological polar surface area (TPSA) is 72.9 Å². The molecular formula is C13H15ClN4OS. The van der Waals surface area contributed by atoms with E-state index in [2.05, 4.69) is 10.4 Å². The third kappa shape index (κ3) is 4.18. The predicted molar refractivity (Wildman–Crippen MR) is 83.0 cm³/mol. The molecule has 0 atom stereocenters. The number of carbonyl (C=O) groups excluding carboxylic acids is 1. The smallest absolute Gasteiger partial charge is 0.225 e. The Morgan fingerprint density at radius 3 is 3.00 bits per heavy atom. The first-order valence-corrected chi connectivity index (χ1v) is 7.37. The number of benzene rings is 1. The number of carbonyl (C=O) groups is 1. The van der Waals surface area contributed by atoms with Crippen LogP contribution >= 0.6 is 23.4 Å². The number of nitrogen functional groups attached to an aromatic ring is 1. The van der Waals surface area contributed by atoms with Crippen LogP contribution in [-0.2, 0) is 11.8 Å². The lowest BCUT2D eigenvalue weighted by atomic mass is 10.2. The summed E-state index contributed by atoms with van der Waals surface area (Å²) in [6.45, 7) is 0.